The van der Waals surface area contributed by atoms with Gasteiger partial charge in [0.15, 0.2) is 0 Å². The van der Waals surface area contributed by atoms with Gasteiger partial charge in [0.25, 0.3) is 0 Å². The molecule has 0 aromatic carbocycles. The van der Waals surface area contributed by atoms with Crippen LogP contribution in [0.4, 0.5) is 0 Å². The van der Waals surface area contributed by atoms with Crippen LogP contribution in [-0.4, -0.2) is 28.3 Å². The number of esters is 1. The first-order valence-corrected chi connectivity index (χ1v) is 6.87. The molecule has 0 rings (SSSR count). The zero-order valence-electron chi connectivity index (χ0n) is 10.1. The molecular weight excluding hydrogens is 212 g/mol. The van der Waals surface area contributed by atoms with E-state index in [9.17, 15) is 9.00 Å². The molecule has 0 aliphatic rings. The summed E-state index contributed by atoms with van der Waals surface area (Å²) in [6.45, 7) is 5.74. The highest BCUT2D eigenvalue weighted by Crippen LogP contribution is 2.13. The van der Waals surface area contributed by atoms with Crippen molar-refractivity contribution in [3.05, 3.63) is 0 Å². The fourth-order valence-electron chi connectivity index (χ4n) is 1.29. The molecule has 4 heteroatoms. The quantitative estimate of drug-likeness (QED) is 0.500. The van der Waals surface area contributed by atoms with Crippen LogP contribution in [0, 0.1) is 5.92 Å². The molecule has 0 bridgehead atoms. The summed E-state index contributed by atoms with van der Waals surface area (Å²) in [4.78, 5) is 11.2. The Balaban J connectivity index is 4.02. The Kier molecular flexibility index (Phi) is 7.65. The van der Waals surface area contributed by atoms with Gasteiger partial charge < -0.3 is 4.74 Å². The lowest BCUT2D eigenvalue weighted by Gasteiger charge is -2.17. The molecule has 0 aliphatic heterocycles. The first-order chi connectivity index (χ1) is 7.04. The van der Waals surface area contributed by atoms with Crippen LogP contribution in [0.3, 0.4) is 0 Å². The first-order valence-electron chi connectivity index (χ1n) is 5.49. The Bertz CT molecular complexity index is 216. The van der Waals surface area contributed by atoms with E-state index in [4.69, 9.17) is 0 Å². The Morgan fingerprint density at radius 3 is 2.40 bits per heavy atom. The van der Waals surface area contributed by atoms with Gasteiger partial charge >= 0.3 is 5.97 Å². The van der Waals surface area contributed by atoms with Crippen LogP contribution in [0.25, 0.3) is 0 Å². The molecule has 0 saturated carbocycles. The summed E-state index contributed by atoms with van der Waals surface area (Å²) < 4.78 is 16.4. The Labute approximate surface area is 95.0 Å². The van der Waals surface area contributed by atoms with Gasteiger partial charge in [-0.15, -0.1) is 0 Å². The SMILES string of the molecule is CCCCCS(=O)C(C)C(C)C(=O)OC. The minimum atomic E-state index is -0.919. The van der Waals surface area contributed by atoms with Crippen molar-refractivity contribution < 1.29 is 13.7 Å². The number of unbranched alkanes of at least 4 members (excludes halogenated alkanes) is 2. The summed E-state index contributed by atoms with van der Waals surface area (Å²) in [6, 6.07) is 0. The molecule has 90 valence electrons. The van der Waals surface area contributed by atoms with E-state index in [1.54, 1.807) is 6.92 Å². The molecule has 0 amide bonds. The monoisotopic (exact) mass is 234 g/mol. The fourth-order valence-corrected chi connectivity index (χ4v) is 2.71. The van der Waals surface area contributed by atoms with Crippen LogP contribution >= 0.6 is 0 Å². The molecular formula is C11H22O3S. The summed E-state index contributed by atoms with van der Waals surface area (Å²) in [5, 5.41) is -0.116. The Morgan fingerprint density at radius 1 is 1.33 bits per heavy atom. The zero-order chi connectivity index (χ0) is 11.8. The lowest BCUT2D eigenvalue weighted by molar-refractivity contribution is -0.144. The Morgan fingerprint density at radius 2 is 1.93 bits per heavy atom. The number of carbonyl (C=O) groups is 1. The molecule has 3 atom stereocenters. The average Bonchev–Trinajstić information content (AvgIpc) is 2.26. The summed E-state index contributed by atoms with van der Waals surface area (Å²) in [5.74, 6) is 0.139. The number of hydrogen-bond donors (Lipinski definition) is 0. The summed E-state index contributed by atoms with van der Waals surface area (Å²) in [6.07, 6.45) is 3.20. The summed E-state index contributed by atoms with van der Waals surface area (Å²) in [5.41, 5.74) is 0. The third-order valence-electron chi connectivity index (χ3n) is 2.64. The van der Waals surface area contributed by atoms with Gasteiger partial charge in [-0.3, -0.25) is 9.00 Å². The predicted octanol–water partition coefficient (Wildman–Crippen LogP) is 2.12. The second-order valence-electron chi connectivity index (χ2n) is 3.81. The lowest BCUT2D eigenvalue weighted by Crippen LogP contribution is -2.29. The summed E-state index contributed by atoms with van der Waals surface area (Å²) >= 11 is 0. The maximum atomic E-state index is 11.8. The largest absolute Gasteiger partial charge is 0.469 e. The molecule has 15 heavy (non-hydrogen) atoms. The standard InChI is InChI=1S/C11H22O3S/c1-5-6-7-8-15(13)10(3)9(2)11(12)14-4/h9-10H,5-8H2,1-4H3. The van der Waals surface area contributed by atoms with Crippen LogP contribution in [-0.2, 0) is 20.3 Å². The van der Waals surface area contributed by atoms with Crippen molar-refractivity contribution in [1.82, 2.24) is 0 Å². The molecule has 0 aliphatic carbocycles. The van der Waals surface area contributed by atoms with Crippen molar-refractivity contribution in [3.8, 4) is 0 Å². The van der Waals surface area contributed by atoms with Crippen LogP contribution in [0.5, 0.6) is 0 Å². The van der Waals surface area contributed by atoms with E-state index in [1.807, 2.05) is 6.92 Å². The molecule has 0 aromatic heterocycles. The van der Waals surface area contributed by atoms with Gasteiger partial charge in [-0.2, -0.15) is 0 Å². The highest BCUT2D eigenvalue weighted by Gasteiger charge is 2.25. The van der Waals surface area contributed by atoms with Crippen molar-refractivity contribution in [3.63, 3.8) is 0 Å². The molecule has 0 N–H and O–H groups in total. The number of carbonyl (C=O) groups excluding carboxylic acids is 1. The van der Waals surface area contributed by atoms with Crippen molar-refractivity contribution in [2.45, 2.75) is 45.3 Å². The third-order valence-corrected chi connectivity index (χ3v) is 4.57. The highest BCUT2D eigenvalue weighted by atomic mass is 32.2. The number of methoxy groups -OCH3 is 1. The van der Waals surface area contributed by atoms with E-state index in [-0.39, 0.29) is 17.1 Å². The van der Waals surface area contributed by atoms with Gasteiger partial charge in [0, 0.05) is 21.8 Å². The van der Waals surface area contributed by atoms with Crippen molar-refractivity contribution in [2.75, 3.05) is 12.9 Å². The highest BCUT2D eigenvalue weighted by molar-refractivity contribution is 7.85. The molecule has 0 spiro atoms. The molecule has 3 nitrogen and oxygen atoms in total. The maximum absolute atomic E-state index is 11.8. The number of ether oxygens (including phenoxy) is 1. The van der Waals surface area contributed by atoms with Crippen LogP contribution in [0.1, 0.15) is 40.0 Å². The van der Waals surface area contributed by atoms with Gasteiger partial charge in [0.2, 0.25) is 0 Å². The van der Waals surface area contributed by atoms with Crippen molar-refractivity contribution in [1.29, 1.82) is 0 Å². The van der Waals surface area contributed by atoms with Gasteiger partial charge in [0.1, 0.15) is 0 Å². The second kappa shape index (κ2) is 7.85. The van der Waals surface area contributed by atoms with Gasteiger partial charge in [-0.25, -0.2) is 0 Å². The van der Waals surface area contributed by atoms with E-state index < -0.39 is 10.8 Å². The first kappa shape index (κ1) is 14.6. The zero-order valence-corrected chi connectivity index (χ0v) is 10.9. The average molecular weight is 234 g/mol. The van der Waals surface area contributed by atoms with E-state index in [2.05, 4.69) is 11.7 Å². The second-order valence-corrected chi connectivity index (χ2v) is 5.72. The number of hydrogen-bond acceptors (Lipinski definition) is 3. The van der Waals surface area contributed by atoms with Crippen LogP contribution in [0.2, 0.25) is 0 Å². The van der Waals surface area contributed by atoms with Crippen LogP contribution < -0.4 is 0 Å². The van der Waals surface area contributed by atoms with E-state index in [0.717, 1.165) is 19.3 Å². The normalized spacial score (nSPS) is 16.8. The fraction of sp³-hybridized carbons (Fsp3) is 0.909. The Hall–Kier alpha value is -0.380. The van der Waals surface area contributed by atoms with Gasteiger partial charge in [-0.1, -0.05) is 26.7 Å². The molecule has 0 aromatic rings. The van der Waals surface area contributed by atoms with Crippen molar-refractivity contribution in [2.24, 2.45) is 5.92 Å². The minimum absolute atomic E-state index is 0.116. The number of rotatable bonds is 7. The maximum Gasteiger partial charge on any atom is 0.309 e. The van der Waals surface area contributed by atoms with Gasteiger partial charge in [-0.05, 0) is 13.3 Å². The van der Waals surface area contributed by atoms with Crippen LogP contribution in [0.15, 0.2) is 0 Å². The molecule has 0 heterocycles. The molecule has 0 fully saturated rings. The van der Waals surface area contributed by atoms with E-state index in [0.29, 0.717) is 5.75 Å². The lowest BCUT2D eigenvalue weighted by atomic mass is 10.1. The smallest absolute Gasteiger partial charge is 0.309 e. The van der Waals surface area contributed by atoms with E-state index >= 15 is 0 Å². The topological polar surface area (TPSA) is 43.4 Å². The minimum Gasteiger partial charge on any atom is -0.469 e. The third kappa shape index (κ3) is 5.30. The van der Waals surface area contributed by atoms with Gasteiger partial charge in [0.05, 0.1) is 13.0 Å². The molecule has 0 radical (unpaired) electrons. The predicted molar refractivity (Wildman–Crippen MR) is 63.2 cm³/mol. The van der Waals surface area contributed by atoms with E-state index in [1.165, 1.54) is 7.11 Å². The van der Waals surface area contributed by atoms with Crippen molar-refractivity contribution >= 4 is 16.8 Å². The molecule has 3 unspecified atom stereocenters. The summed E-state index contributed by atoms with van der Waals surface area (Å²) in [7, 11) is 0.447. The molecule has 0 saturated heterocycles.